The first-order valence-corrected chi connectivity index (χ1v) is 11.9. The molecule has 0 atom stereocenters. The summed E-state index contributed by atoms with van der Waals surface area (Å²) >= 11 is 8.55. The van der Waals surface area contributed by atoms with Crippen molar-refractivity contribution in [2.24, 2.45) is 0 Å². The van der Waals surface area contributed by atoms with Gasteiger partial charge in [-0.15, -0.1) is 10.2 Å². The quantitative estimate of drug-likeness (QED) is 0.452. The predicted molar refractivity (Wildman–Crippen MR) is 126 cm³/mol. The monoisotopic (exact) mass is 494 g/mol. The van der Waals surface area contributed by atoms with E-state index in [2.05, 4.69) is 20.5 Å². The number of nitrogens with one attached hydrogen (secondary N) is 1. The first-order chi connectivity index (χ1) is 15.3. The van der Waals surface area contributed by atoms with E-state index in [-0.39, 0.29) is 24.2 Å². The molecule has 1 N–H and O–H groups in total. The van der Waals surface area contributed by atoms with E-state index in [0.717, 1.165) is 11.3 Å². The maximum absolute atomic E-state index is 12.4. The Kier molecular flexibility index (Phi) is 8.10. The largest absolute Gasteiger partial charge is 0.484 e. The number of para-hydroxylation sites is 1. The molecular formula is C20H23ClN6O3S2. The Morgan fingerprint density at radius 1 is 1.28 bits per heavy atom. The Balaban J connectivity index is 1.59. The van der Waals surface area contributed by atoms with Crippen LogP contribution >= 0.6 is 34.7 Å². The van der Waals surface area contributed by atoms with Crippen LogP contribution in [0.15, 0.2) is 29.4 Å². The zero-order valence-electron chi connectivity index (χ0n) is 18.1. The van der Waals surface area contributed by atoms with Crippen molar-refractivity contribution >= 4 is 51.6 Å². The molecular weight excluding hydrogens is 472 g/mol. The van der Waals surface area contributed by atoms with Crippen LogP contribution in [0.1, 0.15) is 28.1 Å². The number of aromatic nitrogens is 4. The average Bonchev–Trinajstić information content (AvgIpc) is 3.33. The molecule has 3 rings (SSSR count). The number of benzene rings is 1. The summed E-state index contributed by atoms with van der Waals surface area (Å²) in [6.07, 6.45) is 0. The van der Waals surface area contributed by atoms with Gasteiger partial charge >= 0.3 is 0 Å². The van der Waals surface area contributed by atoms with Crippen molar-refractivity contribution in [3.05, 3.63) is 45.7 Å². The fraction of sp³-hybridized carbons (Fsp3) is 0.350. The summed E-state index contributed by atoms with van der Waals surface area (Å²) in [6.45, 7) is 4.54. The molecule has 170 valence electrons. The fourth-order valence-corrected chi connectivity index (χ4v) is 4.71. The summed E-state index contributed by atoms with van der Waals surface area (Å²) in [5.41, 5.74) is 0.588. The second-order valence-corrected chi connectivity index (χ2v) is 9.18. The molecule has 0 spiro atoms. The molecule has 0 aliphatic rings. The molecule has 0 fully saturated rings. The highest BCUT2D eigenvalue weighted by Crippen LogP contribution is 2.26. The maximum Gasteiger partial charge on any atom is 0.265 e. The summed E-state index contributed by atoms with van der Waals surface area (Å²) in [7, 11) is 3.35. The minimum absolute atomic E-state index is 0.124. The van der Waals surface area contributed by atoms with Gasteiger partial charge in [0.1, 0.15) is 17.2 Å². The fourth-order valence-electron chi connectivity index (χ4n) is 2.69. The maximum atomic E-state index is 12.4. The summed E-state index contributed by atoms with van der Waals surface area (Å²) in [5.74, 6) is 0.945. The first-order valence-electron chi connectivity index (χ1n) is 9.71. The highest BCUT2D eigenvalue weighted by Gasteiger charge is 2.19. The van der Waals surface area contributed by atoms with Gasteiger partial charge in [0.15, 0.2) is 16.1 Å². The molecule has 2 amide bonds. The Labute approximate surface area is 199 Å². The molecule has 12 heteroatoms. The average molecular weight is 495 g/mol. The second-order valence-electron chi connectivity index (χ2n) is 6.83. The number of anilines is 1. The van der Waals surface area contributed by atoms with Crippen LogP contribution in [0, 0.1) is 6.92 Å². The Morgan fingerprint density at radius 3 is 2.72 bits per heavy atom. The minimum atomic E-state index is -0.243. The number of aryl methyl sites for hydroxylation is 1. The van der Waals surface area contributed by atoms with E-state index < -0.39 is 0 Å². The number of halogens is 1. The van der Waals surface area contributed by atoms with Crippen molar-refractivity contribution in [1.82, 2.24) is 24.6 Å². The topological polar surface area (TPSA) is 102 Å². The number of amides is 2. The van der Waals surface area contributed by atoms with Crippen LogP contribution < -0.4 is 10.1 Å². The summed E-state index contributed by atoms with van der Waals surface area (Å²) < 4.78 is 7.64. The van der Waals surface area contributed by atoms with E-state index in [1.807, 2.05) is 23.6 Å². The summed E-state index contributed by atoms with van der Waals surface area (Å²) in [5, 5.41) is 12.6. The molecule has 1 aromatic carbocycles. The van der Waals surface area contributed by atoms with Crippen molar-refractivity contribution < 1.29 is 14.3 Å². The number of nitrogens with zero attached hydrogens (tertiary/aromatic N) is 5. The van der Waals surface area contributed by atoms with Gasteiger partial charge in [-0.2, -0.15) is 0 Å². The Bertz CT molecular complexity index is 1110. The second kappa shape index (κ2) is 10.8. The molecule has 3 aromatic rings. The van der Waals surface area contributed by atoms with Gasteiger partial charge in [0.05, 0.1) is 16.5 Å². The molecule has 0 saturated heterocycles. The van der Waals surface area contributed by atoms with Crippen LogP contribution in [0.25, 0.3) is 0 Å². The smallest absolute Gasteiger partial charge is 0.265 e. The van der Waals surface area contributed by atoms with E-state index in [0.29, 0.717) is 44.0 Å². The number of rotatable bonds is 9. The van der Waals surface area contributed by atoms with Crippen LogP contribution in [0.3, 0.4) is 0 Å². The van der Waals surface area contributed by atoms with Crippen molar-refractivity contribution in [3.63, 3.8) is 0 Å². The van der Waals surface area contributed by atoms with Crippen LogP contribution in [0.4, 0.5) is 5.13 Å². The third-order valence-electron chi connectivity index (χ3n) is 4.28. The Morgan fingerprint density at radius 2 is 2.03 bits per heavy atom. The van der Waals surface area contributed by atoms with Crippen molar-refractivity contribution in [1.29, 1.82) is 0 Å². The van der Waals surface area contributed by atoms with Crippen LogP contribution in [-0.4, -0.2) is 56.3 Å². The number of carbonyl (C=O) groups is 2. The van der Waals surface area contributed by atoms with Gasteiger partial charge < -0.3 is 19.5 Å². The van der Waals surface area contributed by atoms with E-state index >= 15 is 0 Å². The third-order valence-corrected chi connectivity index (χ3v) is 6.62. The van der Waals surface area contributed by atoms with Crippen LogP contribution in [0.5, 0.6) is 5.75 Å². The zero-order valence-corrected chi connectivity index (χ0v) is 20.5. The Hall–Kier alpha value is -2.63. The van der Waals surface area contributed by atoms with Crippen molar-refractivity contribution in [3.8, 4) is 5.75 Å². The lowest BCUT2D eigenvalue weighted by Gasteiger charge is -2.09. The van der Waals surface area contributed by atoms with Gasteiger partial charge in [-0.25, -0.2) is 4.98 Å². The lowest BCUT2D eigenvalue weighted by Crippen LogP contribution is -2.21. The summed E-state index contributed by atoms with van der Waals surface area (Å²) in [6, 6.07) is 7.21. The number of thiazole rings is 1. The lowest BCUT2D eigenvalue weighted by molar-refractivity contribution is -0.113. The molecule has 2 aromatic heterocycles. The highest BCUT2D eigenvalue weighted by molar-refractivity contribution is 7.99. The number of ether oxygens (including phenoxy) is 1. The number of thioether (sulfide) groups is 1. The van der Waals surface area contributed by atoms with Gasteiger partial charge in [-0.3, -0.25) is 9.59 Å². The molecule has 0 aliphatic carbocycles. The SMILES string of the molecule is CCn1c(COc2ccccc2Cl)nnc1SCC(=O)Nc1nc(C)c(C(=O)N(C)C)s1. The van der Waals surface area contributed by atoms with Crippen molar-refractivity contribution in [2.75, 3.05) is 25.2 Å². The molecule has 0 aliphatic heterocycles. The van der Waals surface area contributed by atoms with E-state index in [1.54, 1.807) is 33.2 Å². The molecule has 0 radical (unpaired) electrons. The first kappa shape index (κ1) is 24.0. The minimum Gasteiger partial charge on any atom is -0.484 e. The van der Waals surface area contributed by atoms with Crippen molar-refractivity contribution in [2.45, 2.75) is 32.2 Å². The molecule has 32 heavy (non-hydrogen) atoms. The van der Waals surface area contributed by atoms with Gasteiger partial charge in [0, 0.05) is 20.6 Å². The summed E-state index contributed by atoms with van der Waals surface area (Å²) in [4.78, 5) is 30.8. The molecule has 9 nitrogen and oxygen atoms in total. The van der Waals surface area contributed by atoms with E-state index in [4.69, 9.17) is 16.3 Å². The molecule has 0 unspecified atom stereocenters. The van der Waals surface area contributed by atoms with Gasteiger partial charge in [0.2, 0.25) is 5.91 Å². The number of hydrogen-bond donors (Lipinski definition) is 1. The van der Waals surface area contributed by atoms with Crippen LogP contribution in [0.2, 0.25) is 5.02 Å². The molecule has 0 bridgehead atoms. The predicted octanol–water partition coefficient (Wildman–Crippen LogP) is 3.73. The van der Waals surface area contributed by atoms with E-state index in [9.17, 15) is 9.59 Å². The molecule has 0 saturated carbocycles. The van der Waals surface area contributed by atoms with Gasteiger partial charge in [-0.05, 0) is 26.0 Å². The van der Waals surface area contributed by atoms with Crippen LogP contribution in [-0.2, 0) is 17.9 Å². The standard InChI is InChI=1S/C20H23ClN6O3S2/c1-5-27-15(10-30-14-9-7-6-8-13(14)21)24-25-20(27)31-11-16(28)23-19-22-12(2)17(32-19)18(29)26(3)4/h6-9H,5,10-11H2,1-4H3,(H,22,23,28). The number of carbonyl (C=O) groups excluding carboxylic acids is 2. The lowest BCUT2D eigenvalue weighted by atomic mass is 10.3. The van der Waals surface area contributed by atoms with Gasteiger partial charge in [0.25, 0.3) is 5.91 Å². The number of hydrogen-bond acceptors (Lipinski definition) is 8. The zero-order chi connectivity index (χ0) is 23.3. The van der Waals surface area contributed by atoms with E-state index in [1.165, 1.54) is 16.7 Å². The normalized spacial score (nSPS) is 10.8. The highest BCUT2D eigenvalue weighted by atomic mass is 35.5. The third kappa shape index (κ3) is 5.78. The molecule has 2 heterocycles. The van der Waals surface area contributed by atoms with Gasteiger partial charge in [-0.1, -0.05) is 46.8 Å².